The van der Waals surface area contributed by atoms with E-state index in [1.807, 2.05) is 37.4 Å². The van der Waals surface area contributed by atoms with E-state index < -0.39 is 0 Å². The van der Waals surface area contributed by atoms with Crippen molar-refractivity contribution in [3.8, 4) is 0 Å². The molecule has 3 rings (SSSR count). The van der Waals surface area contributed by atoms with Crippen molar-refractivity contribution >= 4 is 11.0 Å². The van der Waals surface area contributed by atoms with Crippen LogP contribution in [0, 0.1) is 0 Å². The van der Waals surface area contributed by atoms with Gasteiger partial charge in [-0.1, -0.05) is 12.1 Å². The Kier molecular flexibility index (Phi) is 2.78. The number of aromatic nitrogens is 2. The average molecular weight is 239 g/mol. The molecule has 3 aromatic rings. The number of hydrogen-bond donors (Lipinski definition) is 1. The number of rotatable bonds is 3. The monoisotopic (exact) mass is 239 g/mol. The summed E-state index contributed by atoms with van der Waals surface area (Å²) in [5, 5.41) is 3.25. The first-order valence-corrected chi connectivity index (χ1v) is 5.80. The van der Waals surface area contributed by atoms with Crippen LogP contribution in [0.4, 0.5) is 0 Å². The molecule has 1 aromatic carbocycles. The van der Waals surface area contributed by atoms with Gasteiger partial charge in [-0.05, 0) is 25.2 Å². The largest absolute Gasteiger partial charge is 0.467 e. The van der Waals surface area contributed by atoms with E-state index in [0.29, 0.717) is 0 Å². The van der Waals surface area contributed by atoms with Crippen LogP contribution < -0.4 is 5.32 Å². The van der Waals surface area contributed by atoms with Crippen LogP contribution in [0.3, 0.4) is 0 Å². The van der Waals surface area contributed by atoms with E-state index in [0.717, 1.165) is 22.4 Å². The van der Waals surface area contributed by atoms with Gasteiger partial charge in [-0.25, -0.2) is 0 Å². The first-order chi connectivity index (χ1) is 8.90. The van der Waals surface area contributed by atoms with Gasteiger partial charge in [0.1, 0.15) is 5.76 Å². The van der Waals surface area contributed by atoms with Gasteiger partial charge in [0.2, 0.25) is 0 Å². The van der Waals surface area contributed by atoms with Gasteiger partial charge < -0.3 is 9.73 Å². The maximum absolute atomic E-state index is 5.48. The third kappa shape index (κ3) is 1.76. The molecule has 2 aromatic heterocycles. The zero-order valence-corrected chi connectivity index (χ0v) is 10.00. The molecule has 0 aliphatic heterocycles. The van der Waals surface area contributed by atoms with Crippen LogP contribution >= 0.6 is 0 Å². The quantitative estimate of drug-likeness (QED) is 0.763. The summed E-state index contributed by atoms with van der Waals surface area (Å²) in [4.78, 5) is 8.73. The van der Waals surface area contributed by atoms with E-state index >= 15 is 0 Å². The Morgan fingerprint density at radius 1 is 1.11 bits per heavy atom. The summed E-state index contributed by atoms with van der Waals surface area (Å²) in [7, 11) is 1.91. The maximum Gasteiger partial charge on any atom is 0.125 e. The number of benzene rings is 1. The van der Waals surface area contributed by atoms with E-state index in [4.69, 9.17) is 4.42 Å². The van der Waals surface area contributed by atoms with Crippen molar-refractivity contribution in [2.75, 3.05) is 7.05 Å². The lowest BCUT2D eigenvalue weighted by Gasteiger charge is -2.15. The Hall–Kier alpha value is -2.20. The molecule has 90 valence electrons. The van der Waals surface area contributed by atoms with Crippen molar-refractivity contribution in [2.45, 2.75) is 6.04 Å². The van der Waals surface area contributed by atoms with Crippen LogP contribution in [0.25, 0.3) is 11.0 Å². The normalized spacial score (nSPS) is 12.7. The fourth-order valence-electron chi connectivity index (χ4n) is 2.15. The number of furan rings is 1. The van der Waals surface area contributed by atoms with Crippen molar-refractivity contribution < 1.29 is 4.42 Å². The molecule has 0 aliphatic rings. The highest BCUT2D eigenvalue weighted by Gasteiger charge is 2.17. The van der Waals surface area contributed by atoms with Crippen molar-refractivity contribution in [1.29, 1.82) is 0 Å². The Morgan fingerprint density at radius 2 is 2.00 bits per heavy atom. The molecular formula is C14H13N3O. The number of fused-ring (bicyclic) bond motifs is 1. The minimum Gasteiger partial charge on any atom is -0.467 e. The molecule has 2 heterocycles. The Morgan fingerprint density at radius 3 is 2.78 bits per heavy atom. The zero-order valence-electron chi connectivity index (χ0n) is 10.00. The molecule has 0 bridgehead atoms. The van der Waals surface area contributed by atoms with Crippen molar-refractivity contribution in [1.82, 2.24) is 15.3 Å². The fraction of sp³-hybridized carbons (Fsp3) is 0.143. The van der Waals surface area contributed by atoms with Crippen LogP contribution in [0.15, 0.2) is 53.4 Å². The molecule has 0 saturated carbocycles. The second kappa shape index (κ2) is 4.58. The molecule has 1 unspecified atom stereocenters. The summed E-state index contributed by atoms with van der Waals surface area (Å²) < 4.78 is 5.48. The predicted molar refractivity (Wildman–Crippen MR) is 69.1 cm³/mol. The van der Waals surface area contributed by atoms with Crippen molar-refractivity contribution in [2.24, 2.45) is 0 Å². The Bertz CT molecular complexity index is 644. The van der Waals surface area contributed by atoms with Gasteiger partial charge in [-0.3, -0.25) is 9.97 Å². The van der Waals surface area contributed by atoms with E-state index in [2.05, 4.69) is 15.3 Å². The first kappa shape index (κ1) is 10.9. The molecule has 0 amide bonds. The van der Waals surface area contributed by atoms with Gasteiger partial charge in [-0.2, -0.15) is 0 Å². The molecule has 0 spiro atoms. The maximum atomic E-state index is 5.48. The summed E-state index contributed by atoms with van der Waals surface area (Å²) in [6.07, 6.45) is 5.09. The third-order valence-corrected chi connectivity index (χ3v) is 2.96. The highest BCUT2D eigenvalue weighted by Crippen LogP contribution is 2.26. The average Bonchev–Trinajstić information content (AvgIpc) is 2.94. The molecule has 1 atom stereocenters. The summed E-state index contributed by atoms with van der Waals surface area (Å²) in [5.74, 6) is 0.871. The minimum absolute atomic E-state index is 0.0135. The SMILES string of the molecule is CNC(c1ccco1)c1cccc2nccnc12. The second-order valence-electron chi connectivity index (χ2n) is 4.01. The van der Waals surface area contributed by atoms with E-state index in [1.54, 1.807) is 18.7 Å². The topological polar surface area (TPSA) is 51.0 Å². The smallest absolute Gasteiger partial charge is 0.125 e. The molecule has 0 aliphatic carbocycles. The first-order valence-electron chi connectivity index (χ1n) is 5.80. The predicted octanol–water partition coefficient (Wildman–Crippen LogP) is 2.53. The van der Waals surface area contributed by atoms with Crippen LogP contribution in [0.2, 0.25) is 0 Å². The lowest BCUT2D eigenvalue weighted by Crippen LogP contribution is -2.17. The Balaban J connectivity index is 2.18. The van der Waals surface area contributed by atoms with Crippen LogP contribution in [0.1, 0.15) is 17.4 Å². The molecule has 4 nitrogen and oxygen atoms in total. The van der Waals surface area contributed by atoms with Gasteiger partial charge >= 0.3 is 0 Å². The van der Waals surface area contributed by atoms with Crippen molar-refractivity contribution in [3.63, 3.8) is 0 Å². The molecular weight excluding hydrogens is 226 g/mol. The number of nitrogens with zero attached hydrogens (tertiary/aromatic N) is 2. The summed E-state index contributed by atoms with van der Waals surface area (Å²) in [5.41, 5.74) is 2.86. The molecule has 1 N–H and O–H groups in total. The highest BCUT2D eigenvalue weighted by atomic mass is 16.3. The lowest BCUT2D eigenvalue weighted by molar-refractivity contribution is 0.464. The lowest BCUT2D eigenvalue weighted by atomic mass is 10.0. The summed E-state index contributed by atoms with van der Waals surface area (Å²) in [6.45, 7) is 0. The van der Waals surface area contributed by atoms with Crippen LogP contribution in [-0.4, -0.2) is 17.0 Å². The molecule has 18 heavy (non-hydrogen) atoms. The van der Waals surface area contributed by atoms with E-state index in [9.17, 15) is 0 Å². The van der Waals surface area contributed by atoms with Gasteiger partial charge in [0.25, 0.3) is 0 Å². The second-order valence-corrected chi connectivity index (χ2v) is 4.01. The van der Waals surface area contributed by atoms with Gasteiger partial charge in [-0.15, -0.1) is 0 Å². The highest BCUT2D eigenvalue weighted by molar-refractivity contribution is 5.78. The molecule has 0 radical (unpaired) electrons. The molecule has 0 saturated heterocycles. The number of hydrogen-bond acceptors (Lipinski definition) is 4. The zero-order chi connectivity index (χ0) is 12.4. The fourth-order valence-corrected chi connectivity index (χ4v) is 2.15. The Labute approximate surface area is 105 Å². The molecule has 0 fully saturated rings. The van der Waals surface area contributed by atoms with Gasteiger partial charge in [0.05, 0.1) is 23.3 Å². The van der Waals surface area contributed by atoms with Gasteiger partial charge in [0.15, 0.2) is 0 Å². The summed E-state index contributed by atoms with van der Waals surface area (Å²) >= 11 is 0. The van der Waals surface area contributed by atoms with Crippen molar-refractivity contribution in [3.05, 3.63) is 60.3 Å². The molecule has 4 heteroatoms. The minimum atomic E-state index is -0.0135. The van der Waals surface area contributed by atoms with Gasteiger partial charge in [0, 0.05) is 18.0 Å². The van der Waals surface area contributed by atoms with E-state index in [-0.39, 0.29) is 6.04 Å². The van der Waals surface area contributed by atoms with Crippen LogP contribution in [-0.2, 0) is 0 Å². The van der Waals surface area contributed by atoms with Crippen LogP contribution in [0.5, 0.6) is 0 Å². The number of nitrogens with one attached hydrogen (secondary N) is 1. The third-order valence-electron chi connectivity index (χ3n) is 2.96. The van der Waals surface area contributed by atoms with E-state index in [1.165, 1.54) is 0 Å². The standard InChI is InChI=1S/C14H13N3O/c1-15-14(12-6-3-9-18-12)10-4-2-5-11-13(10)17-8-7-16-11/h2-9,14-15H,1H3. The summed E-state index contributed by atoms with van der Waals surface area (Å²) in [6, 6.07) is 9.81. The number of para-hydroxylation sites is 1.